The first kappa shape index (κ1) is 23.0. The van der Waals surface area contributed by atoms with Gasteiger partial charge in [-0.25, -0.2) is 4.98 Å². The molecular formula is C23H28ClN3O4. The van der Waals surface area contributed by atoms with Crippen LogP contribution in [0.5, 0.6) is 5.88 Å². The number of rotatable bonds is 9. The number of aliphatic hydroxyl groups is 1. The Morgan fingerprint density at radius 3 is 2.65 bits per heavy atom. The second kappa shape index (κ2) is 11.1. The number of primary amides is 1. The number of aliphatic hydroxyl groups excluding tert-OH is 1. The van der Waals surface area contributed by atoms with Crippen molar-refractivity contribution in [2.24, 2.45) is 5.73 Å². The molecule has 31 heavy (non-hydrogen) atoms. The summed E-state index contributed by atoms with van der Waals surface area (Å²) in [4.78, 5) is 28.0. The molecule has 1 saturated carbocycles. The summed E-state index contributed by atoms with van der Waals surface area (Å²) in [6.07, 6.45) is 5.97. The van der Waals surface area contributed by atoms with E-state index in [1.807, 2.05) is 12.1 Å². The van der Waals surface area contributed by atoms with Gasteiger partial charge >= 0.3 is 0 Å². The minimum absolute atomic E-state index is 0.249. The lowest BCUT2D eigenvalue weighted by Crippen LogP contribution is -2.45. The summed E-state index contributed by atoms with van der Waals surface area (Å²) >= 11 is 6.01. The molecule has 7 nitrogen and oxygen atoms in total. The van der Waals surface area contributed by atoms with E-state index in [0.29, 0.717) is 54.3 Å². The maximum Gasteiger partial charge on any atom is 0.253 e. The summed E-state index contributed by atoms with van der Waals surface area (Å²) in [5, 5.41) is 13.7. The molecule has 8 heteroatoms. The van der Waals surface area contributed by atoms with Gasteiger partial charge in [0.1, 0.15) is 0 Å². The van der Waals surface area contributed by atoms with Crippen molar-refractivity contribution >= 4 is 23.4 Å². The van der Waals surface area contributed by atoms with Gasteiger partial charge in [0.25, 0.3) is 5.91 Å². The number of hydrogen-bond acceptors (Lipinski definition) is 5. The zero-order valence-corrected chi connectivity index (χ0v) is 18.1. The van der Waals surface area contributed by atoms with Crippen molar-refractivity contribution in [3.63, 3.8) is 0 Å². The molecule has 0 bridgehead atoms. The van der Waals surface area contributed by atoms with Crippen molar-refractivity contribution in [1.82, 2.24) is 10.3 Å². The molecule has 1 fully saturated rings. The van der Waals surface area contributed by atoms with Gasteiger partial charge in [-0.15, -0.1) is 0 Å². The number of nitrogens with one attached hydrogen (secondary N) is 1. The number of benzene rings is 1. The van der Waals surface area contributed by atoms with Crippen LogP contribution in [0.2, 0.25) is 5.02 Å². The highest BCUT2D eigenvalue weighted by Crippen LogP contribution is 2.30. The van der Waals surface area contributed by atoms with Crippen molar-refractivity contribution < 1.29 is 19.4 Å². The molecule has 0 radical (unpaired) electrons. The highest BCUT2D eigenvalue weighted by atomic mass is 35.5. The first-order valence-electron chi connectivity index (χ1n) is 10.6. The maximum absolute atomic E-state index is 12.8. The molecule has 0 saturated heterocycles. The Labute approximate surface area is 187 Å². The van der Waals surface area contributed by atoms with E-state index in [4.69, 9.17) is 22.1 Å². The number of unbranched alkanes of at least 4 members (excludes halogenated alkanes) is 1. The lowest BCUT2D eigenvalue weighted by atomic mass is 9.92. The monoisotopic (exact) mass is 445 g/mol. The molecule has 2 unspecified atom stereocenters. The van der Waals surface area contributed by atoms with Gasteiger partial charge in [0.15, 0.2) is 0 Å². The SMILES string of the molecule is NC(=O)CCCCOc1ncc(C(=O)NC2CCCCC2O)cc1-c1ccc(Cl)cc1. The highest BCUT2D eigenvalue weighted by molar-refractivity contribution is 6.30. The number of aromatic nitrogens is 1. The first-order valence-corrected chi connectivity index (χ1v) is 11.0. The lowest BCUT2D eigenvalue weighted by Gasteiger charge is -2.28. The van der Waals surface area contributed by atoms with Gasteiger partial charge in [-0.2, -0.15) is 0 Å². The molecule has 166 valence electrons. The first-order chi connectivity index (χ1) is 14.9. The zero-order chi connectivity index (χ0) is 22.2. The van der Waals surface area contributed by atoms with Crippen LogP contribution in [0.4, 0.5) is 0 Å². The van der Waals surface area contributed by atoms with Crippen LogP contribution in [0.3, 0.4) is 0 Å². The summed E-state index contributed by atoms with van der Waals surface area (Å²) < 4.78 is 5.84. The van der Waals surface area contributed by atoms with Gasteiger partial charge in [0.2, 0.25) is 11.8 Å². The van der Waals surface area contributed by atoms with Gasteiger partial charge in [0.05, 0.1) is 24.3 Å². The normalized spacial score (nSPS) is 18.4. The van der Waals surface area contributed by atoms with Crippen LogP contribution in [0.15, 0.2) is 36.5 Å². The fourth-order valence-electron chi connectivity index (χ4n) is 3.63. The summed E-state index contributed by atoms with van der Waals surface area (Å²) in [6.45, 7) is 0.376. The molecule has 1 aliphatic rings. The number of carbonyl (C=O) groups excluding carboxylic acids is 2. The Kier molecular flexibility index (Phi) is 8.26. The van der Waals surface area contributed by atoms with E-state index in [2.05, 4.69) is 10.3 Å². The number of ether oxygens (including phenoxy) is 1. The van der Waals surface area contributed by atoms with Gasteiger partial charge in [-0.05, 0) is 49.4 Å². The standard InChI is InChI=1S/C23H28ClN3O4/c24-17-10-8-15(9-11-17)18-13-16(22(30)27-19-5-1-2-6-20(19)28)14-26-23(18)31-12-4-3-7-21(25)29/h8-11,13-14,19-20,28H,1-7,12H2,(H2,25,29)(H,27,30). The average Bonchev–Trinajstić information content (AvgIpc) is 2.75. The fourth-order valence-corrected chi connectivity index (χ4v) is 3.76. The lowest BCUT2D eigenvalue weighted by molar-refractivity contribution is -0.118. The molecule has 4 N–H and O–H groups in total. The Morgan fingerprint density at radius 2 is 1.94 bits per heavy atom. The van der Waals surface area contributed by atoms with Crippen LogP contribution in [-0.2, 0) is 4.79 Å². The van der Waals surface area contributed by atoms with E-state index in [0.717, 1.165) is 24.8 Å². The van der Waals surface area contributed by atoms with Crippen LogP contribution in [0, 0.1) is 0 Å². The summed E-state index contributed by atoms with van der Waals surface area (Å²) in [5.74, 6) is -0.212. The zero-order valence-electron chi connectivity index (χ0n) is 17.4. The largest absolute Gasteiger partial charge is 0.477 e. The van der Waals surface area contributed by atoms with Crippen LogP contribution < -0.4 is 15.8 Å². The van der Waals surface area contributed by atoms with Crippen molar-refractivity contribution in [1.29, 1.82) is 0 Å². The third-order valence-electron chi connectivity index (χ3n) is 5.37. The predicted octanol–water partition coefficient (Wildman–Crippen LogP) is 3.47. The van der Waals surface area contributed by atoms with Gasteiger partial charge < -0.3 is 20.9 Å². The topological polar surface area (TPSA) is 115 Å². The average molecular weight is 446 g/mol. The Bertz CT molecular complexity index is 904. The Hall–Kier alpha value is -2.64. The minimum atomic E-state index is -0.524. The van der Waals surface area contributed by atoms with E-state index >= 15 is 0 Å². The number of pyridine rings is 1. The number of hydrogen-bond donors (Lipinski definition) is 3. The number of nitrogens with two attached hydrogens (primary N) is 1. The maximum atomic E-state index is 12.8. The molecule has 2 aromatic rings. The van der Waals surface area contributed by atoms with Gasteiger partial charge in [-0.3, -0.25) is 9.59 Å². The van der Waals surface area contributed by atoms with Crippen molar-refractivity contribution in [2.45, 2.75) is 57.1 Å². The number of carbonyl (C=O) groups is 2. The number of halogens is 1. The summed E-state index contributed by atoms with van der Waals surface area (Å²) in [6, 6.07) is 8.69. The molecule has 3 rings (SSSR count). The third-order valence-corrected chi connectivity index (χ3v) is 5.62. The molecule has 1 heterocycles. The van der Waals surface area contributed by atoms with Crippen molar-refractivity contribution in [3.8, 4) is 17.0 Å². The number of nitrogens with zero attached hydrogens (tertiary/aromatic N) is 1. The van der Waals surface area contributed by atoms with Gasteiger partial charge in [0, 0.05) is 23.2 Å². The van der Waals surface area contributed by atoms with E-state index in [1.54, 1.807) is 18.2 Å². The molecule has 2 atom stereocenters. The smallest absolute Gasteiger partial charge is 0.253 e. The Balaban J connectivity index is 1.76. The molecule has 1 aliphatic carbocycles. The molecule has 1 aromatic heterocycles. The van der Waals surface area contributed by atoms with Crippen molar-refractivity contribution in [2.75, 3.05) is 6.61 Å². The number of amides is 2. The molecule has 1 aromatic carbocycles. The van der Waals surface area contributed by atoms with E-state index in [9.17, 15) is 14.7 Å². The molecule has 0 aliphatic heterocycles. The second-order valence-electron chi connectivity index (χ2n) is 7.79. The second-order valence-corrected chi connectivity index (χ2v) is 8.22. The van der Waals surface area contributed by atoms with Crippen LogP contribution in [0.1, 0.15) is 55.3 Å². The predicted molar refractivity (Wildman–Crippen MR) is 119 cm³/mol. The van der Waals surface area contributed by atoms with Crippen LogP contribution >= 0.6 is 11.6 Å². The van der Waals surface area contributed by atoms with Crippen LogP contribution in [0.25, 0.3) is 11.1 Å². The third kappa shape index (κ3) is 6.67. The molecular weight excluding hydrogens is 418 g/mol. The molecule has 2 amide bonds. The quantitative estimate of drug-likeness (QED) is 0.511. The van der Waals surface area contributed by atoms with E-state index in [1.165, 1.54) is 6.20 Å². The Morgan fingerprint density at radius 1 is 1.19 bits per heavy atom. The van der Waals surface area contributed by atoms with Gasteiger partial charge in [-0.1, -0.05) is 36.6 Å². The summed E-state index contributed by atoms with van der Waals surface area (Å²) in [5.41, 5.74) is 7.04. The fraction of sp³-hybridized carbons (Fsp3) is 0.435. The highest BCUT2D eigenvalue weighted by Gasteiger charge is 2.25. The van der Waals surface area contributed by atoms with Crippen molar-refractivity contribution in [3.05, 3.63) is 47.1 Å². The van der Waals surface area contributed by atoms with E-state index in [-0.39, 0.29) is 17.9 Å². The summed E-state index contributed by atoms with van der Waals surface area (Å²) in [7, 11) is 0. The minimum Gasteiger partial charge on any atom is -0.477 e. The van der Waals surface area contributed by atoms with Crippen LogP contribution in [-0.4, -0.2) is 40.7 Å². The van der Waals surface area contributed by atoms with E-state index < -0.39 is 6.10 Å². The molecule has 0 spiro atoms.